The number of amides is 1. The molecule has 1 N–H and O–H groups in total. The summed E-state index contributed by atoms with van der Waals surface area (Å²) in [6.45, 7) is 1.71. The Morgan fingerprint density at radius 2 is 2.06 bits per heavy atom. The van der Waals surface area contributed by atoms with E-state index in [-0.39, 0.29) is 39.5 Å². The van der Waals surface area contributed by atoms with Crippen LogP contribution in [0.2, 0.25) is 0 Å². The van der Waals surface area contributed by atoms with Gasteiger partial charge in [-0.25, -0.2) is 9.18 Å². The van der Waals surface area contributed by atoms with Gasteiger partial charge in [-0.15, -0.1) is 11.3 Å². The number of benzene rings is 1. The van der Waals surface area contributed by atoms with Gasteiger partial charge in [-0.2, -0.15) is 9.78 Å². The minimum atomic E-state index is -0.775. The first-order valence-corrected chi connectivity index (χ1v) is 10.6. The lowest BCUT2D eigenvalue weighted by molar-refractivity contribution is 0.0519. The molecule has 4 rings (SSSR count). The maximum Gasteiger partial charge on any atom is 0.359 e. The fourth-order valence-corrected chi connectivity index (χ4v) is 4.12. The standard InChI is InChI=1S/C20H13BrFN3O5S/c1-2-29-20(28)16-10-9-31-18(23-17(26)13-7-8-14(21)30-13)15(10)19(27)25(24-16)12-6-4-3-5-11(12)22/h3-9H,2H2,1H3,(H,23,26). The summed E-state index contributed by atoms with van der Waals surface area (Å²) in [5.74, 6) is -2.06. The lowest BCUT2D eigenvalue weighted by Crippen LogP contribution is -2.26. The zero-order valence-corrected chi connectivity index (χ0v) is 18.3. The van der Waals surface area contributed by atoms with Crippen molar-refractivity contribution in [2.45, 2.75) is 6.92 Å². The minimum Gasteiger partial charge on any atom is -0.461 e. The van der Waals surface area contributed by atoms with Crippen molar-refractivity contribution in [3.05, 3.63) is 74.1 Å². The maximum atomic E-state index is 14.4. The third-order valence-electron chi connectivity index (χ3n) is 4.23. The molecule has 8 nitrogen and oxygen atoms in total. The van der Waals surface area contributed by atoms with Crippen LogP contribution in [-0.4, -0.2) is 28.3 Å². The number of halogens is 2. The second kappa shape index (κ2) is 8.44. The van der Waals surface area contributed by atoms with Crippen LogP contribution in [0.1, 0.15) is 28.0 Å². The Labute approximate surface area is 186 Å². The number of hydrogen-bond acceptors (Lipinski definition) is 7. The van der Waals surface area contributed by atoms with Crippen molar-refractivity contribution < 1.29 is 23.1 Å². The SMILES string of the molecule is CCOC(=O)c1nn(-c2ccccc2F)c(=O)c2c(NC(=O)c3ccc(Br)o3)scc12. The first kappa shape index (κ1) is 20.9. The number of thiophene rings is 1. The van der Waals surface area contributed by atoms with E-state index in [1.54, 1.807) is 13.0 Å². The molecule has 3 heterocycles. The van der Waals surface area contributed by atoms with Gasteiger partial charge in [0.25, 0.3) is 11.5 Å². The third kappa shape index (κ3) is 3.89. The zero-order valence-electron chi connectivity index (χ0n) is 15.8. The molecule has 0 fully saturated rings. The van der Waals surface area contributed by atoms with Crippen molar-refractivity contribution in [2.75, 3.05) is 11.9 Å². The van der Waals surface area contributed by atoms with Crippen LogP contribution < -0.4 is 10.9 Å². The number of rotatable bonds is 5. The van der Waals surface area contributed by atoms with Crippen molar-refractivity contribution in [1.82, 2.24) is 9.78 Å². The molecule has 0 saturated heterocycles. The molecule has 0 radical (unpaired) electrons. The van der Waals surface area contributed by atoms with Gasteiger partial charge in [0, 0.05) is 10.8 Å². The van der Waals surface area contributed by atoms with Gasteiger partial charge in [0.1, 0.15) is 16.5 Å². The number of furan rings is 1. The molecule has 11 heteroatoms. The van der Waals surface area contributed by atoms with Crippen LogP contribution in [0, 0.1) is 5.82 Å². The summed E-state index contributed by atoms with van der Waals surface area (Å²) in [7, 11) is 0. The topological polar surface area (TPSA) is 103 Å². The highest BCUT2D eigenvalue weighted by Gasteiger charge is 2.24. The summed E-state index contributed by atoms with van der Waals surface area (Å²) in [6, 6.07) is 8.53. The van der Waals surface area contributed by atoms with Gasteiger partial charge < -0.3 is 14.5 Å². The van der Waals surface area contributed by atoms with Gasteiger partial charge in [-0.1, -0.05) is 12.1 Å². The monoisotopic (exact) mass is 505 g/mol. The van der Waals surface area contributed by atoms with Crippen LogP contribution >= 0.6 is 27.3 Å². The van der Waals surface area contributed by atoms with Crippen molar-refractivity contribution in [1.29, 1.82) is 0 Å². The molecule has 0 spiro atoms. The summed E-state index contributed by atoms with van der Waals surface area (Å²) in [5.41, 5.74) is -1.01. The normalized spacial score (nSPS) is 10.9. The van der Waals surface area contributed by atoms with E-state index in [9.17, 15) is 18.8 Å². The second-order valence-electron chi connectivity index (χ2n) is 6.15. The number of esters is 1. The highest BCUT2D eigenvalue weighted by molar-refractivity contribution is 9.10. The van der Waals surface area contributed by atoms with Crippen LogP contribution in [0.25, 0.3) is 16.5 Å². The zero-order chi connectivity index (χ0) is 22.1. The van der Waals surface area contributed by atoms with Gasteiger partial charge in [0.05, 0.1) is 12.0 Å². The summed E-state index contributed by atoms with van der Waals surface area (Å²) in [4.78, 5) is 38.2. The first-order chi connectivity index (χ1) is 14.9. The van der Waals surface area contributed by atoms with Crippen molar-refractivity contribution in [3.8, 4) is 5.69 Å². The average Bonchev–Trinajstić information content (AvgIpc) is 3.36. The summed E-state index contributed by atoms with van der Waals surface area (Å²) in [6.07, 6.45) is 0. The van der Waals surface area contributed by atoms with E-state index in [2.05, 4.69) is 26.3 Å². The lowest BCUT2D eigenvalue weighted by atomic mass is 10.2. The van der Waals surface area contributed by atoms with Crippen LogP contribution in [0.15, 0.2) is 55.7 Å². The van der Waals surface area contributed by atoms with Crippen LogP contribution in [0.5, 0.6) is 0 Å². The van der Waals surface area contributed by atoms with Gasteiger partial charge in [-0.05, 0) is 47.1 Å². The maximum absolute atomic E-state index is 14.4. The lowest BCUT2D eigenvalue weighted by Gasteiger charge is -2.10. The van der Waals surface area contributed by atoms with E-state index < -0.39 is 23.3 Å². The van der Waals surface area contributed by atoms with E-state index in [1.807, 2.05) is 0 Å². The number of carbonyl (C=O) groups excluding carboxylic acids is 2. The fraction of sp³-hybridized carbons (Fsp3) is 0.100. The molecule has 4 aromatic rings. The first-order valence-electron chi connectivity index (χ1n) is 8.94. The number of anilines is 1. The summed E-state index contributed by atoms with van der Waals surface area (Å²) < 4.78 is 25.8. The predicted molar refractivity (Wildman–Crippen MR) is 115 cm³/mol. The van der Waals surface area contributed by atoms with Gasteiger partial charge in [0.15, 0.2) is 16.1 Å². The van der Waals surface area contributed by atoms with E-state index >= 15 is 0 Å². The molecule has 0 aliphatic rings. The average molecular weight is 506 g/mol. The molecule has 0 atom stereocenters. The molecule has 1 aromatic carbocycles. The highest BCUT2D eigenvalue weighted by atomic mass is 79.9. The molecule has 1 amide bonds. The minimum absolute atomic E-state index is 0.00489. The van der Waals surface area contributed by atoms with E-state index in [0.717, 1.165) is 16.0 Å². The Hall–Kier alpha value is -3.31. The number of hydrogen-bond donors (Lipinski definition) is 1. The Balaban J connectivity index is 1.91. The number of ether oxygens (including phenoxy) is 1. The number of para-hydroxylation sites is 1. The number of carbonyl (C=O) groups is 2. The molecule has 158 valence electrons. The fourth-order valence-electron chi connectivity index (χ4n) is 2.88. The number of aromatic nitrogens is 2. The second-order valence-corrected chi connectivity index (χ2v) is 7.81. The van der Waals surface area contributed by atoms with E-state index in [4.69, 9.17) is 9.15 Å². The molecule has 31 heavy (non-hydrogen) atoms. The molecule has 0 bridgehead atoms. The predicted octanol–water partition coefficient (Wildman–Crippen LogP) is 4.37. The van der Waals surface area contributed by atoms with Gasteiger partial charge >= 0.3 is 5.97 Å². The quantitative estimate of drug-likeness (QED) is 0.404. The third-order valence-corrected chi connectivity index (χ3v) is 5.55. The van der Waals surface area contributed by atoms with Gasteiger partial charge in [-0.3, -0.25) is 9.59 Å². The largest absolute Gasteiger partial charge is 0.461 e. The van der Waals surface area contributed by atoms with E-state index in [1.165, 1.54) is 35.7 Å². The highest BCUT2D eigenvalue weighted by Crippen LogP contribution is 2.31. The molecular formula is C20H13BrFN3O5S. The Morgan fingerprint density at radius 1 is 1.29 bits per heavy atom. The number of fused-ring (bicyclic) bond motifs is 1. The van der Waals surface area contributed by atoms with Crippen LogP contribution in [0.3, 0.4) is 0 Å². The number of nitrogens with one attached hydrogen (secondary N) is 1. The molecule has 0 unspecified atom stereocenters. The van der Waals surface area contributed by atoms with Gasteiger partial charge in [0.2, 0.25) is 0 Å². The molecular weight excluding hydrogens is 493 g/mol. The molecule has 0 saturated carbocycles. The van der Waals surface area contributed by atoms with Crippen LogP contribution in [-0.2, 0) is 4.74 Å². The van der Waals surface area contributed by atoms with Crippen molar-refractivity contribution in [3.63, 3.8) is 0 Å². The Kier molecular flexibility index (Phi) is 5.70. The Morgan fingerprint density at radius 3 is 2.74 bits per heavy atom. The Bertz CT molecular complexity index is 1380. The number of nitrogens with zero attached hydrogens (tertiary/aromatic N) is 2. The molecule has 0 aliphatic carbocycles. The van der Waals surface area contributed by atoms with Crippen molar-refractivity contribution in [2.24, 2.45) is 0 Å². The smallest absolute Gasteiger partial charge is 0.359 e. The van der Waals surface area contributed by atoms with Crippen LogP contribution in [0.4, 0.5) is 9.39 Å². The summed E-state index contributed by atoms with van der Waals surface area (Å²) in [5, 5.41) is 8.54. The van der Waals surface area contributed by atoms with E-state index in [0.29, 0.717) is 4.67 Å². The molecule has 3 aromatic heterocycles. The van der Waals surface area contributed by atoms with Crippen molar-refractivity contribution >= 4 is 54.9 Å². The summed E-state index contributed by atoms with van der Waals surface area (Å²) >= 11 is 4.14. The molecule has 0 aliphatic heterocycles.